The van der Waals surface area contributed by atoms with Crippen molar-refractivity contribution in [1.82, 2.24) is 29.5 Å². The van der Waals surface area contributed by atoms with Gasteiger partial charge in [0.1, 0.15) is 5.82 Å². The number of thioether (sulfide) groups is 1. The number of fused-ring (bicyclic) bond motifs is 2. The van der Waals surface area contributed by atoms with Gasteiger partial charge in [0.2, 0.25) is 0 Å². The van der Waals surface area contributed by atoms with Crippen LogP contribution < -0.4 is 5.69 Å². The first-order valence-electron chi connectivity index (χ1n) is 8.38. The zero-order chi connectivity index (χ0) is 18.2. The molecule has 0 fully saturated rings. The first-order chi connectivity index (χ1) is 13.3. The van der Waals surface area contributed by atoms with Gasteiger partial charge < -0.3 is 4.98 Å². The molecule has 2 aromatic carbocycles. The Bertz CT molecular complexity index is 1270. The Morgan fingerprint density at radius 1 is 0.963 bits per heavy atom. The summed E-state index contributed by atoms with van der Waals surface area (Å²) in [7, 11) is 0. The highest BCUT2D eigenvalue weighted by atomic mass is 32.2. The molecule has 0 amide bonds. The molecular weight excluding hydrogens is 360 g/mol. The largest absolute Gasteiger partial charge is 0.370 e. The topological polar surface area (TPSA) is 91.7 Å². The lowest BCUT2D eigenvalue weighted by Gasteiger charge is -1.98. The van der Waals surface area contributed by atoms with Crippen molar-refractivity contribution in [2.24, 2.45) is 0 Å². The van der Waals surface area contributed by atoms with Crippen LogP contribution in [0, 0.1) is 0 Å². The second-order valence-corrected chi connectivity index (χ2v) is 6.95. The molecule has 5 aromatic rings. The number of para-hydroxylation sites is 2. The van der Waals surface area contributed by atoms with E-state index < -0.39 is 0 Å². The smallest absolute Gasteiger partial charge is 0.341 e. The Labute approximate surface area is 157 Å². The summed E-state index contributed by atoms with van der Waals surface area (Å²) in [6.07, 6.45) is 0. The third kappa shape index (κ3) is 3.00. The first kappa shape index (κ1) is 15.8. The molecule has 2 N–H and O–H groups in total. The average Bonchev–Trinajstić information content (AvgIpc) is 3.31. The summed E-state index contributed by atoms with van der Waals surface area (Å²) in [5.41, 5.74) is 3.88. The SMILES string of the molecule is O=c1nc(SCc2nc3ccccc3[nH]2)nc2cc(-c3ccccc3)[nH]n12. The summed E-state index contributed by atoms with van der Waals surface area (Å²) in [5.74, 6) is 1.38. The maximum Gasteiger partial charge on any atom is 0.370 e. The van der Waals surface area contributed by atoms with E-state index in [-0.39, 0.29) is 5.69 Å². The normalized spacial score (nSPS) is 11.4. The second-order valence-electron chi connectivity index (χ2n) is 6.01. The van der Waals surface area contributed by atoms with Gasteiger partial charge >= 0.3 is 5.69 Å². The van der Waals surface area contributed by atoms with Crippen LogP contribution in [0.3, 0.4) is 0 Å². The summed E-state index contributed by atoms with van der Waals surface area (Å²) in [6, 6.07) is 19.5. The van der Waals surface area contributed by atoms with Gasteiger partial charge in [-0.2, -0.15) is 9.50 Å². The quantitative estimate of drug-likeness (QED) is 0.471. The molecule has 8 heteroatoms. The predicted octanol–water partition coefficient (Wildman–Crippen LogP) is 3.25. The second kappa shape index (κ2) is 6.40. The lowest BCUT2D eigenvalue weighted by molar-refractivity contribution is 0.788. The van der Waals surface area contributed by atoms with Crippen molar-refractivity contribution in [2.45, 2.75) is 10.9 Å². The van der Waals surface area contributed by atoms with Crippen LogP contribution in [0.5, 0.6) is 0 Å². The molecule has 0 aliphatic rings. The molecule has 27 heavy (non-hydrogen) atoms. The number of imidazole rings is 1. The summed E-state index contributed by atoms with van der Waals surface area (Å²) in [6.45, 7) is 0. The first-order valence-corrected chi connectivity index (χ1v) is 9.36. The summed E-state index contributed by atoms with van der Waals surface area (Å²) in [5, 5.41) is 3.48. The number of benzene rings is 2. The molecule has 0 radical (unpaired) electrons. The lowest BCUT2D eigenvalue weighted by atomic mass is 10.2. The van der Waals surface area contributed by atoms with Crippen LogP contribution in [-0.2, 0) is 5.75 Å². The standard InChI is InChI=1S/C19H14N6OS/c26-19-23-18(27-11-16-20-13-8-4-5-9-14(13)21-16)22-17-10-15(24-25(17)19)12-6-2-1-3-7-12/h1-10,24H,11H2,(H,20,21). The lowest BCUT2D eigenvalue weighted by Crippen LogP contribution is -2.19. The van der Waals surface area contributed by atoms with E-state index in [1.165, 1.54) is 16.3 Å². The van der Waals surface area contributed by atoms with Gasteiger partial charge in [0.05, 0.1) is 22.5 Å². The van der Waals surface area contributed by atoms with E-state index in [1.54, 1.807) is 0 Å². The van der Waals surface area contributed by atoms with E-state index >= 15 is 0 Å². The molecule has 5 rings (SSSR count). The van der Waals surface area contributed by atoms with E-state index in [4.69, 9.17) is 0 Å². The monoisotopic (exact) mass is 374 g/mol. The molecule has 7 nitrogen and oxygen atoms in total. The molecule has 0 saturated heterocycles. The van der Waals surface area contributed by atoms with Crippen molar-refractivity contribution in [3.8, 4) is 11.3 Å². The van der Waals surface area contributed by atoms with Gasteiger partial charge in [-0.1, -0.05) is 54.2 Å². The Morgan fingerprint density at radius 2 is 1.78 bits per heavy atom. The van der Waals surface area contributed by atoms with Crippen molar-refractivity contribution in [3.63, 3.8) is 0 Å². The Hall–Kier alpha value is -3.39. The summed E-state index contributed by atoms with van der Waals surface area (Å²) >= 11 is 1.38. The number of aromatic nitrogens is 6. The molecule has 0 spiro atoms. The fourth-order valence-electron chi connectivity index (χ4n) is 2.92. The summed E-state index contributed by atoms with van der Waals surface area (Å²) < 4.78 is 1.35. The van der Waals surface area contributed by atoms with Crippen molar-refractivity contribution in [1.29, 1.82) is 0 Å². The van der Waals surface area contributed by atoms with E-state index in [1.807, 2.05) is 60.7 Å². The Balaban J connectivity index is 1.44. The van der Waals surface area contributed by atoms with Crippen LogP contribution in [0.15, 0.2) is 70.6 Å². The van der Waals surface area contributed by atoms with Crippen LogP contribution >= 0.6 is 11.8 Å². The molecule has 0 atom stereocenters. The fraction of sp³-hybridized carbons (Fsp3) is 0.0526. The molecule has 0 unspecified atom stereocenters. The zero-order valence-corrected chi connectivity index (χ0v) is 14.9. The molecule has 3 heterocycles. The van der Waals surface area contributed by atoms with Crippen molar-refractivity contribution >= 4 is 28.4 Å². The Kier molecular flexibility index (Phi) is 3.75. The highest BCUT2D eigenvalue weighted by Gasteiger charge is 2.10. The van der Waals surface area contributed by atoms with Gasteiger partial charge in [0, 0.05) is 6.07 Å². The minimum Gasteiger partial charge on any atom is -0.341 e. The Morgan fingerprint density at radius 3 is 2.63 bits per heavy atom. The molecule has 3 aromatic heterocycles. The van der Waals surface area contributed by atoms with Gasteiger partial charge in [-0.15, -0.1) is 0 Å². The number of nitrogens with one attached hydrogen (secondary N) is 2. The number of hydrogen-bond acceptors (Lipinski definition) is 5. The maximum absolute atomic E-state index is 12.3. The number of nitrogens with zero attached hydrogens (tertiary/aromatic N) is 4. The minimum atomic E-state index is -0.380. The van der Waals surface area contributed by atoms with Gasteiger partial charge in [0.25, 0.3) is 0 Å². The third-order valence-corrected chi connectivity index (χ3v) is 5.05. The van der Waals surface area contributed by atoms with Gasteiger partial charge in [-0.3, -0.25) is 5.10 Å². The molecule has 0 aliphatic carbocycles. The van der Waals surface area contributed by atoms with Crippen molar-refractivity contribution in [3.05, 3.63) is 77.0 Å². The average molecular weight is 374 g/mol. The number of rotatable bonds is 4. The highest BCUT2D eigenvalue weighted by Crippen LogP contribution is 2.21. The molecular formula is C19H14N6OS. The number of hydrogen-bond donors (Lipinski definition) is 2. The molecule has 0 bridgehead atoms. The van der Waals surface area contributed by atoms with Crippen LogP contribution in [0.2, 0.25) is 0 Å². The maximum atomic E-state index is 12.3. The van der Waals surface area contributed by atoms with Crippen LogP contribution in [-0.4, -0.2) is 29.5 Å². The van der Waals surface area contributed by atoms with Crippen LogP contribution in [0.4, 0.5) is 0 Å². The predicted molar refractivity (Wildman–Crippen MR) is 105 cm³/mol. The van der Waals surface area contributed by atoms with Crippen molar-refractivity contribution < 1.29 is 0 Å². The summed E-state index contributed by atoms with van der Waals surface area (Å²) in [4.78, 5) is 28.7. The number of aromatic amines is 2. The third-order valence-electron chi connectivity index (χ3n) is 4.19. The molecule has 132 valence electrons. The van der Waals surface area contributed by atoms with Crippen molar-refractivity contribution in [2.75, 3.05) is 0 Å². The number of H-pyrrole nitrogens is 2. The van der Waals surface area contributed by atoms with E-state index in [9.17, 15) is 4.79 Å². The van der Waals surface area contributed by atoms with Crippen LogP contribution in [0.25, 0.3) is 27.9 Å². The molecule has 0 saturated carbocycles. The highest BCUT2D eigenvalue weighted by molar-refractivity contribution is 7.98. The van der Waals surface area contributed by atoms with Gasteiger partial charge in [0.15, 0.2) is 10.8 Å². The van der Waals surface area contributed by atoms with E-state index in [0.717, 1.165) is 28.1 Å². The van der Waals surface area contributed by atoms with Gasteiger partial charge in [-0.05, 0) is 17.7 Å². The van der Waals surface area contributed by atoms with E-state index in [2.05, 4.69) is 25.0 Å². The zero-order valence-electron chi connectivity index (χ0n) is 14.1. The van der Waals surface area contributed by atoms with Crippen LogP contribution in [0.1, 0.15) is 5.82 Å². The van der Waals surface area contributed by atoms with Gasteiger partial charge in [-0.25, -0.2) is 14.8 Å². The van der Waals surface area contributed by atoms with E-state index in [0.29, 0.717) is 16.6 Å². The minimum absolute atomic E-state index is 0.380. The molecule has 0 aliphatic heterocycles. The fourth-order valence-corrected chi connectivity index (χ4v) is 3.63.